The van der Waals surface area contributed by atoms with Crippen LogP contribution in [0.15, 0.2) is 48.5 Å². The highest BCUT2D eigenvalue weighted by atomic mass is 32.2. The number of piperidine rings is 1. The van der Waals surface area contributed by atoms with Gasteiger partial charge in [-0.1, -0.05) is 50.2 Å². The predicted molar refractivity (Wildman–Crippen MR) is 135 cm³/mol. The van der Waals surface area contributed by atoms with E-state index in [1.54, 1.807) is 5.56 Å². The molecule has 2 aliphatic rings. The van der Waals surface area contributed by atoms with Crippen molar-refractivity contribution in [2.75, 3.05) is 12.9 Å². The number of hydrogen-bond donors (Lipinski definition) is 2. The molecule has 4 rings (SSSR count). The van der Waals surface area contributed by atoms with E-state index in [2.05, 4.69) is 74.6 Å². The van der Waals surface area contributed by atoms with Crippen LogP contribution in [-0.2, 0) is 28.4 Å². The molecule has 4 atom stereocenters. The molecule has 1 aliphatic heterocycles. The van der Waals surface area contributed by atoms with Crippen LogP contribution in [0.1, 0.15) is 63.1 Å². The van der Waals surface area contributed by atoms with E-state index in [0.29, 0.717) is 29.7 Å². The predicted octanol–water partition coefficient (Wildman–Crippen LogP) is 5.18. The van der Waals surface area contributed by atoms with E-state index in [1.807, 2.05) is 0 Å². The van der Waals surface area contributed by atoms with E-state index in [0.717, 1.165) is 18.8 Å². The second-order valence-electron chi connectivity index (χ2n) is 9.41. The summed E-state index contributed by atoms with van der Waals surface area (Å²) in [4.78, 5) is 0. The average molecular weight is 474 g/mol. The molecule has 0 radical (unpaired) electrons. The maximum atomic E-state index is 9.19. The van der Waals surface area contributed by atoms with Crippen molar-refractivity contribution in [2.45, 2.75) is 76.8 Å². The van der Waals surface area contributed by atoms with Crippen LogP contribution < -0.4 is 10.1 Å². The van der Waals surface area contributed by atoms with Crippen molar-refractivity contribution in [1.29, 1.82) is 0 Å². The van der Waals surface area contributed by atoms with E-state index >= 15 is 0 Å². The fraction of sp³-hybridized carbons (Fsp3) is 0.556. The molecular weight excluding hydrogens is 434 g/mol. The smallest absolute Gasteiger partial charge is 0.261 e. The Kier molecular flexibility index (Phi) is 8.59. The van der Waals surface area contributed by atoms with Crippen molar-refractivity contribution in [3.05, 3.63) is 65.2 Å². The third-order valence-electron chi connectivity index (χ3n) is 7.33. The number of ether oxygens (including phenoxy) is 1. The van der Waals surface area contributed by atoms with Gasteiger partial charge in [-0.05, 0) is 80.2 Å². The van der Waals surface area contributed by atoms with E-state index in [-0.39, 0.29) is 0 Å². The lowest BCUT2D eigenvalue weighted by Crippen LogP contribution is -2.60. The van der Waals surface area contributed by atoms with Crippen LogP contribution in [0.2, 0.25) is 0 Å². The quantitative estimate of drug-likeness (QED) is 0.565. The molecule has 1 heterocycles. The van der Waals surface area contributed by atoms with Gasteiger partial charge in [0.25, 0.3) is 10.1 Å². The topological polar surface area (TPSA) is 75.6 Å². The van der Waals surface area contributed by atoms with E-state index in [1.165, 1.54) is 43.2 Å². The Bertz CT molecular complexity index is 1000. The Labute approximate surface area is 199 Å². The molecule has 4 unspecified atom stereocenters. The van der Waals surface area contributed by atoms with Gasteiger partial charge >= 0.3 is 0 Å². The first kappa shape index (κ1) is 25.7. The highest BCUT2D eigenvalue weighted by molar-refractivity contribution is 7.85. The summed E-state index contributed by atoms with van der Waals surface area (Å²) in [5.41, 5.74) is 4.88. The second-order valence-corrected chi connectivity index (χ2v) is 10.9. The van der Waals surface area contributed by atoms with Crippen LogP contribution in [0.4, 0.5) is 0 Å². The lowest BCUT2D eigenvalue weighted by Gasteiger charge is -2.55. The summed E-state index contributed by atoms with van der Waals surface area (Å²) in [6, 6.07) is 19.1. The third kappa shape index (κ3) is 6.37. The van der Waals surface area contributed by atoms with Crippen molar-refractivity contribution in [1.82, 2.24) is 5.32 Å². The van der Waals surface area contributed by atoms with Crippen molar-refractivity contribution in [3.8, 4) is 5.75 Å². The van der Waals surface area contributed by atoms with Gasteiger partial charge in [-0.15, -0.1) is 0 Å². The maximum Gasteiger partial charge on any atom is 0.261 e. The molecule has 0 spiro atoms. The van der Waals surface area contributed by atoms with Crippen LogP contribution >= 0.6 is 0 Å². The molecular formula is C27H39NO4S. The zero-order valence-electron chi connectivity index (χ0n) is 20.4. The summed E-state index contributed by atoms with van der Waals surface area (Å²) in [6.07, 6.45) is 7.98. The van der Waals surface area contributed by atoms with Crippen molar-refractivity contribution in [2.24, 2.45) is 5.92 Å². The van der Waals surface area contributed by atoms with E-state index < -0.39 is 10.1 Å². The molecule has 6 heteroatoms. The molecule has 5 nitrogen and oxygen atoms in total. The summed E-state index contributed by atoms with van der Waals surface area (Å²) in [6.45, 7) is 7.55. The number of nitrogens with one attached hydrogen (secondary N) is 1. The highest BCUT2D eigenvalue weighted by Gasteiger charge is 2.50. The molecule has 0 saturated carbocycles. The minimum absolute atomic E-state index is 0.295. The zero-order chi connectivity index (χ0) is 24.1. The van der Waals surface area contributed by atoms with E-state index in [9.17, 15) is 8.42 Å². The standard InChI is InChI=1S/C26H35NO.CH4O3S/c1-4-21-18-26(5-2)23-15-13-22(28-6-3)17-20(23)12-14-24(26)25(27-21)16-19-10-8-7-9-11-19;1-5(2,3)4/h7-11,13,15,17,21,24-25,27H,4-6,12,14,16,18H2,1-3H3;1H3,(H,2,3,4). The van der Waals surface area contributed by atoms with Gasteiger partial charge in [-0.2, -0.15) is 8.42 Å². The van der Waals surface area contributed by atoms with Crippen LogP contribution in [0.25, 0.3) is 0 Å². The molecule has 0 aromatic heterocycles. The first-order valence-corrected chi connectivity index (χ1v) is 14.0. The minimum atomic E-state index is -3.67. The van der Waals surface area contributed by atoms with Gasteiger partial charge in [-0.3, -0.25) is 4.55 Å². The average Bonchev–Trinajstić information content (AvgIpc) is 2.78. The molecule has 0 amide bonds. The molecule has 1 aliphatic carbocycles. The zero-order valence-corrected chi connectivity index (χ0v) is 21.2. The molecule has 1 saturated heterocycles. The Balaban J connectivity index is 0.000000555. The van der Waals surface area contributed by atoms with Gasteiger partial charge in [-0.25, -0.2) is 0 Å². The van der Waals surface area contributed by atoms with Crippen molar-refractivity contribution in [3.63, 3.8) is 0 Å². The van der Waals surface area contributed by atoms with Crippen LogP contribution in [0.5, 0.6) is 5.75 Å². The van der Waals surface area contributed by atoms with E-state index in [4.69, 9.17) is 9.29 Å². The van der Waals surface area contributed by atoms with Gasteiger partial charge < -0.3 is 10.1 Å². The summed E-state index contributed by atoms with van der Waals surface area (Å²) in [5, 5.41) is 4.05. The van der Waals surface area contributed by atoms with Gasteiger partial charge in [0.1, 0.15) is 5.75 Å². The fourth-order valence-electron chi connectivity index (χ4n) is 6.00. The summed E-state index contributed by atoms with van der Waals surface area (Å²) in [5.74, 6) is 1.73. The lowest BCUT2D eigenvalue weighted by molar-refractivity contribution is 0.0860. The van der Waals surface area contributed by atoms with Crippen molar-refractivity contribution >= 4 is 10.1 Å². The van der Waals surface area contributed by atoms with Crippen LogP contribution in [0.3, 0.4) is 0 Å². The Morgan fingerprint density at radius 3 is 2.42 bits per heavy atom. The lowest BCUT2D eigenvalue weighted by atomic mass is 9.54. The van der Waals surface area contributed by atoms with Gasteiger partial charge in [0.2, 0.25) is 0 Å². The molecule has 2 aromatic rings. The number of rotatable bonds is 6. The molecule has 1 fully saturated rings. The highest BCUT2D eigenvalue weighted by Crippen LogP contribution is 2.52. The summed E-state index contributed by atoms with van der Waals surface area (Å²) >= 11 is 0. The minimum Gasteiger partial charge on any atom is -0.494 e. The molecule has 2 aromatic carbocycles. The maximum absolute atomic E-state index is 9.19. The molecule has 0 bridgehead atoms. The Morgan fingerprint density at radius 2 is 1.82 bits per heavy atom. The first-order chi connectivity index (χ1) is 15.7. The Hall–Kier alpha value is -1.89. The van der Waals surface area contributed by atoms with Gasteiger partial charge in [0, 0.05) is 17.5 Å². The third-order valence-corrected chi connectivity index (χ3v) is 7.33. The number of aryl methyl sites for hydroxylation is 1. The monoisotopic (exact) mass is 473 g/mol. The first-order valence-electron chi connectivity index (χ1n) is 12.2. The second kappa shape index (κ2) is 11.0. The largest absolute Gasteiger partial charge is 0.494 e. The van der Waals surface area contributed by atoms with Crippen LogP contribution in [-0.4, -0.2) is 37.9 Å². The number of benzene rings is 2. The molecule has 33 heavy (non-hydrogen) atoms. The SMILES string of the molecule is CCOc1ccc2c(c1)CCC1C(Cc3ccccc3)NC(CC)CC21CC.CS(=O)(=O)O. The molecule has 2 N–H and O–H groups in total. The summed E-state index contributed by atoms with van der Waals surface area (Å²) < 4.78 is 31.7. The number of fused-ring (bicyclic) bond motifs is 3. The molecule has 182 valence electrons. The van der Waals surface area contributed by atoms with Gasteiger partial charge in [0.05, 0.1) is 12.9 Å². The fourth-order valence-corrected chi connectivity index (χ4v) is 6.00. The van der Waals surface area contributed by atoms with Crippen molar-refractivity contribution < 1.29 is 17.7 Å². The normalized spacial score (nSPS) is 26.4. The van der Waals surface area contributed by atoms with Gasteiger partial charge in [0.15, 0.2) is 0 Å². The van der Waals surface area contributed by atoms with Crippen LogP contribution in [0, 0.1) is 5.92 Å². The summed E-state index contributed by atoms with van der Waals surface area (Å²) in [7, 11) is -3.67. The Morgan fingerprint density at radius 1 is 1.12 bits per heavy atom. The number of hydrogen-bond acceptors (Lipinski definition) is 4.